The van der Waals surface area contributed by atoms with E-state index in [0.29, 0.717) is 41.5 Å². The predicted octanol–water partition coefficient (Wildman–Crippen LogP) is 5.24. The third-order valence-electron chi connectivity index (χ3n) is 5.98. The maximum Gasteiger partial charge on any atom is 0.265 e. The number of hydrogen-bond acceptors (Lipinski definition) is 5. The summed E-state index contributed by atoms with van der Waals surface area (Å²) in [7, 11) is 3.17. The lowest BCUT2D eigenvalue weighted by Crippen LogP contribution is -2.32. The number of benzene rings is 4. The van der Waals surface area contributed by atoms with E-state index in [0.717, 1.165) is 16.3 Å². The molecule has 0 bridgehead atoms. The molecular formula is C30H30N2O5. The van der Waals surface area contributed by atoms with Crippen molar-refractivity contribution in [3.05, 3.63) is 96.1 Å². The van der Waals surface area contributed by atoms with Crippen LogP contribution in [0, 0.1) is 0 Å². The van der Waals surface area contributed by atoms with Crippen LogP contribution in [0.1, 0.15) is 22.8 Å². The number of ether oxygens (including phenoxy) is 3. The second-order valence-corrected chi connectivity index (χ2v) is 8.50. The van der Waals surface area contributed by atoms with Crippen molar-refractivity contribution < 1.29 is 23.8 Å². The highest BCUT2D eigenvalue weighted by Gasteiger charge is 2.18. The lowest BCUT2D eigenvalue weighted by atomic mass is 10.1. The van der Waals surface area contributed by atoms with Crippen molar-refractivity contribution >= 4 is 28.3 Å². The number of fused-ring (bicyclic) bond motifs is 1. The van der Waals surface area contributed by atoms with E-state index in [-0.39, 0.29) is 11.8 Å². The number of para-hydroxylation sites is 1. The quantitative estimate of drug-likeness (QED) is 0.313. The van der Waals surface area contributed by atoms with Gasteiger partial charge in [-0.2, -0.15) is 0 Å². The first-order chi connectivity index (χ1) is 18.0. The number of carbonyl (C=O) groups excluding carboxylic acids is 2. The molecule has 2 N–H and O–H groups in total. The fraction of sp³-hybridized carbons (Fsp3) is 0.200. The second-order valence-electron chi connectivity index (χ2n) is 8.50. The standard InChI is InChI=1S/C30H30N2O5/c1-20(37-24-14-13-22-8-4-5-9-23(22)19-24)29(33)32-26-11-7-6-10-25(26)30(34)31-17-16-21-12-15-27(35-2)28(18-21)36-3/h4-15,18-20H,16-17H2,1-3H3,(H,31,34)(H,32,33)/t20-/m0/s1. The fourth-order valence-corrected chi connectivity index (χ4v) is 3.97. The Bertz CT molecular complexity index is 1400. The van der Waals surface area contributed by atoms with E-state index < -0.39 is 6.10 Å². The van der Waals surface area contributed by atoms with Gasteiger partial charge in [0.2, 0.25) is 0 Å². The third-order valence-corrected chi connectivity index (χ3v) is 5.98. The van der Waals surface area contributed by atoms with E-state index in [2.05, 4.69) is 10.6 Å². The van der Waals surface area contributed by atoms with Gasteiger partial charge in [-0.15, -0.1) is 0 Å². The van der Waals surface area contributed by atoms with Gasteiger partial charge in [-0.05, 0) is 66.1 Å². The average molecular weight is 499 g/mol. The van der Waals surface area contributed by atoms with Gasteiger partial charge in [-0.25, -0.2) is 0 Å². The largest absolute Gasteiger partial charge is 0.493 e. The van der Waals surface area contributed by atoms with Gasteiger partial charge in [-0.1, -0.05) is 48.5 Å². The third kappa shape index (κ3) is 6.38. The van der Waals surface area contributed by atoms with Crippen LogP contribution < -0.4 is 24.8 Å². The monoisotopic (exact) mass is 498 g/mol. The molecule has 0 saturated heterocycles. The van der Waals surface area contributed by atoms with Crippen molar-refractivity contribution in [2.45, 2.75) is 19.4 Å². The van der Waals surface area contributed by atoms with Crippen LogP contribution >= 0.6 is 0 Å². The first-order valence-corrected chi connectivity index (χ1v) is 12.0. The topological polar surface area (TPSA) is 85.9 Å². The highest BCUT2D eigenvalue weighted by molar-refractivity contribution is 6.04. The van der Waals surface area contributed by atoms with E-state index in [1.165, 1.54) is 0 Å². The average Bonchev–Trinajstić information content (AvgIpc) is 2.93. The molecular weight excluding hydrogens is 468 g/mol. The molecule has 0 radical (unpaired) electrons. The van der Waals surface area contributed by atoms with Gasteiger partial charge >= 0.3 is 0 Å². The molecule has 4 aromatic carbocycles. The van der Waals surface area contributed by atoms with E-state index in [1.54, 1.807) is 45.4 Å². The van der Waals surface area contributed by atoms with Crippen LogP contribution in [0.15, 0.2) is 84.9 Å². The molecule has 7 heteroatoms. The summed E-state index contributed by atoms with van der Waals surface area (Å²) in [5, 5.41) is 7.87. The number of rotatable bonds is 10. The Labute approximate surface area is 216 Å². The molecule has 0 aliphatic rings. The summed E-state index contributed by atoms with van der Waals surface area (Å²) in [4.78, 5) is 25.8. The van der Waals surface area contributed by atoms with Gasteiger partial charge in [0.05, 0.1) is 25.5 Å². The Morgan fingerprint density at radius 2 is 1.54 bits per heavy atom. The van der Waals surface area contributed by atoms with Crippen LogP contribution in [0.3, 0.4) is 0 Å². The minimum Gasteiger partial charge on any atom is -0.493 e. The van der Waals surface area contributed by atoms with Crippen molar-refractivity contribution in [3.63, 3.8) is 0 Å². The molecule has 0 saturated carbocycles. The zero-order chi connectivity index (χ0) is 26.2. The van der Waals surface area contributed by atoms with Crippen molar-refractivity contribution in [3.8, 4) is 17.2 Å². The smallest absolute Gasteiger partial charge is 0.265 e. The minimum absolute atomic E-state index is 0.278. The lowest BCUT2D eigenvalue weighted by molar-refractivity contribution is -0.122. The number of methoxy groups -OCH3 is 2. The zero-order valence-electron chi connectivity index (χ0n) is 21.1. The Morgan fingerprint density at radius 1 is 0.811 bits per heavy atom. The van der Waals surface area contributed by atoms with E-state index in [9.17, 15) is 9.59 Å². The normalized spacial score (nSPS) is 11.4. The summed E-state index contributed by atoms with van der Waals surface area (Å²) in [5.41, 5.74) is 1.80. The highest BCUT2D eigenvalue weighted by Crippen LogP contribution is 2.27. The predicted molar refractivity (Wildman–Crippen MR) is 145 cm³/mol. The maximum atomic E-state index is 12.9. The highest BCUT2D eigenvalue weighted by atomic mass is 16.5. The van der Waals surface area contributed by atoms with Crippen molar-refractivity contribution in [1.29, 1.82) is 0 Å². The summed E-state index contributed by atoms with van der Waals surface area (Å²) < 4.78 is 16.5. The number of anilines is 1. The molecule has 4 rings (SSSR count). The van der Waals surface area contributed by atoms with Crippen molar-refractivity contribution in [2.75, 3.05) is 26.1 Å². The van der Waals surface area contributed by atoms with Crippen LogP contribution in [-0.4, -0.2) is 38.7 Å². The van der Waals surface area contributed by atoms with Gasteiger partial charge in [0.25, 0.3) is 11.8 Å². The molecule has 0 unspecified atom stereocenters. The van der Waals surface area contributed by atoms with Crippen molar-refractivity contribution in [2.24, 2.45) is 0 Å². The Morgan fingerprint density at radius 3 is 2.32 bits per heavy atom. The number of hydrogen-bond donors (Lipinski definition) is 2. The van der Waals surface area contributed by atoms with Crippen LogP contribution in [0.4, 0.5) is 5.69 Å². The van der Waals surface area contributed by atoms with E-state index >= 15 is 0 Å². The van der Waals surface area contributed by atoms with Gasteiger partial charge in [0.15, 0.2) is 17.6 Å². The maximum absolute atomic E-state index is 12.9. The molecule has 0 heterocycles. The first-order valence-electron chi connectivity index (χ1n) is 12.0. The molecule has 37 heavy (non-hydrogen) atoms. The minimum atomic E-state index is -0.762. The molecule has 4 aromatic rings. The molecule has 0 aliphatic heterocycles. The molecule has 0 spiro atoms. The molecule has 0 fully saturated rings. The van der Waals surface area contributed by atoms with Crippen molar-refractivity contribution in [1.82, 2.24) is 5.32 Å². The van der Waals surface area contributed by atoms with Gasteiger partial charge in [0.1, 0.15) is 5.75 Å². The molecule has 7 nitrogen and oxygen atoms in total. The molecule has 190 valence electrons. The van der Waals surface area contributed by atoms with E-state index in [4.69, 9.17) is 14.2 Å². The van der Waals surface area contributed by atoms with Crippen LogP contribution in [-0.2, 0) is 11.2 Å². The molecule has 0 aromatic heterocycles. The van der Waals surface area contributed by atoms with Crippen LogP contribution in [0.2, 0.25) is 0 Å². The second kappa shape index (κ2) is 11.9. The fourth-order valence-electron chi connectivity index (χ4n) is 3.97. The van der Waals surface area contributed by atoms with Crippen LogP contribution in [0.25, 0.3) is 10.8 Å². The van der Waals surface area contributed by atoms with Gasteiger partial charge in [-0.3, -0.25) is 9.59 Å². The zero-order valence-corrected chi connectivity index (χ0v) is 21.1. The lowest BCUT2D eigenvalue weighted by Gasteiger charge is -2.17. The van der Waals surface area contributed by atoms with Gasteiger partial charge in [0, 0.05) is 6.54 Å². The summed E-state index contributed by atoms with van der Waals surface area (Å²) in [5.74, 6) is 1.26. The Hall–Kier alpha value is -4.52. The SMILES string of the molecule is COc1ccc(CCNC(=O)c2ccccc2NC(=O)[C@H](C)Oc2ccc3ccccc3c2)cc1OC. The van der Waals surface area contributed by atoms with Crippen LogP contribution in [0.5, 0.6) is 17.2 Å². The van der Waals surface area contributed by atoms with E-state index in [1.807, 2.05) is 60.7 Å². The molecule has 0 aliphatic carbocycles. The van der Waals surface area contributed by atoms with Gasteiger partial charge < -0.3 is 24.8 Å². The summed E-state index contributed by atoms with van der Waals surface area (Å²) in [6, 6.07) is 26.2. The Balaban J connectivity index is 1.36. The molecule has 1 atom stereocenters. The summed E-state index contributed by atoms with van der Waals surface area (Å²) >= 11 is 0. The summed E-state index contributed by atoms with van der Waals surface area (Å²) in [6.07, 6.45) is -0.153. The Kier molecular flexibility index (Phi) is 8.26. The molecule has 2 amide bonds. The first kappa shape index (κ1) is 25.6. The number of amides is 2. The number of nitrogens with one attached hydrogen (secondary N) is 2. The summed E-state index contributed by atoms with van der Waals surface area (Å²) in [6.45, 7) is 2.09. The number of carbonyl (C=O) groups is 2.